The second-order valence-corrected chi connectivity index (χ2v) is 9.38. The van der Waals surface area contributed by atoms with E-state index in [1.807, 2.05) is 12.1 Å². The zero-order valence-corrected chi connectivity index (χ0v) is 19.1. The van der Waals surface area contributed by atoms with Crippen LogP contribution in [0.4, 0.5) is 5.00 Å². The fraction of sp³-hybridized carbons (Fsp3) is 0.250. The Bertz CT molecular complexity index is 1170. The molecule has 164 valence electrons. The predicted octanol–water partition coefficient (Wildman–Crippen LogP) is 4.85. The van der Waals surface area contributed by atoms with Crippen LogP contribution in [-0.2, 0) is 13.0 Å². The highest BCUT2D eigenvalue weighted by Gasteiger charge is 2.33. The molecule has 3 heterocycles. The number of anilines is 1. The van der Waals surface area contributed by atoms with Crippen LogP contribution in [0.5, 0.6) is 5.75 Å². The number of nitrogens with one attached hydrogen (secondary N) is 2. The zero-order chi connectivity index (χ0) is 22.2. The van der Waals surface area contributed by atoms with Crippen molar-refractivity contribution in [1.82, 2.24) is 10.2 Å². The monoisotopic (exact) mass is 467 g/mol. The van der Waals surface area contributed by atoms with Gasteiger partial charge in [0.05, 0.1) is 11.1 Å². The van der Waals surface area contributed by atoms with Crippen molar-refractivity contribution < 1.29 is 14.3 Å². The third-order valence-electron chi connectivity index (χ3n) is 5.86. The number of hydrogen-bond acceptors (Lipinski definition) is 6. The van der Waals surface area contributed by atoms with E-state index in [0.717, 1.165) is 42.2 Å². The summed E-state index contributed by atoms with van der Waals surface area (Å²) in [4.78, 5) is 28.9. The third kappa shape index (κ3) is 3.99. The smallest absolute Gasteiger partial charge is 0.343 e. The standard InChI is InChI=1S/C24H22ClN3O3S/c1-2-28-12-11-18-19(13-28)32-23-20(18)22(29)26-21(27-23)14-5-9-17(10-6-14)31-24(30)15-3-7-16(25)8-4-15/h3-10,21,27H,2,11-13H2,1H3,(H,26,29)/t21-/m1/s1. The fourth-order valence-electron chi connectivity index (χ4n) is 4.09. The van der Waals surface area contributed by atoms with Crippen LogP contribution in [0.3, 0.4) is 0 Å². The van der Waals surface area contributed by atoms with E-state index in [0.29, 0.717) is 16.3 Å². The lowest BCUT2D eigenvalue weighted by Crippen LogP contribution is -2.38. The molecule has 2 aromatic carbocycles. The molecule has 0 bridgehead atoms. The number of carbonyl (C=O) groups is 2. The molecule has 8 heteroatoms. The van der Waals surface area contributed by atoms with E-state index in [2.05, 4.69) is 22.5 Å². The van der Waals surface area contributed by atoms with Gasteiger partial charge in [-0.3, -0.25) is 9.69 Å². The van der Waals surface area contributed by atoms with Crippen LogP contribution in [0.2, 0.25) is 5.02 Å². The van der Waals surface area contributed by atoms with Gasteiger partial charge in [-0.2, -0.15) is 0 Å². The van der Waals surface area contributed by atoms with Crippen LogP contribution >= 0.6 is 22.9 Å². The maximum atomic E-state index is 12.9. The largest absolute Gasteiger partial charge is 0.423 e. The number of ether oxygens (including phenoxy) is 1. The van der Waals surface area contributed by atoms with E-state index in [9.17, 15) is 9.59 Å². The Morgan fingerprint density at radius 1 is 1.16 bits per heavy atom. The summed E-state index contributed by atoms with van der Waals surface area (Å²) in [6.45, 7) is 5.06. The highest BCUT2D eigenvalue weighted by molar-refractivity contribution is 7.16. The van der Waals surface area contributed by atoms with Crippen LogP contribution in [0.1, 0.15) is 49.8 Å². The van der Waals surface area contributed by atoms with Crippen molar-refractivity contribution in [3.63, 3.8) is 0 Å². The molecule has 3 aromatic rings. The summed E-state index contributed by atoms with van der Waals surface area (Å²) in [5.41, 5.74) is 3.29. The number of hydrogen-bond donors (Lipinski definition) is 2. The Morgan fingerprint density at radius 2 is 1.91 bits per heavy atom. The molecule has 32 heavy (non-hydrogen) atoms. The van der Waals surface area contributed by atoms with Gasteiger partial charge in [0.2, 0.25) is 0 Å². The lowest BCUT2D eigenvalue weighted by atomic mass is 10.0. The number of halogens is 1. The summed E-state index contributed by atoms with van der Waals surface area (Å²) in [5, 5.41) is 8.03. The molecule has 1 atom stereocenters. The lowest BCUT2D eigenvalue weighted by molar-refractivity contribution is 0.0734. The SMILES string of the molecule is CCN1CCc2c(sc3c2C(=O)N[C@@H](c2ccc(OC(=O)c4ccc(Cl)cc4)cc2)N3)C1. The summed E-state index contributed by atoms with van der Waals surface area (Å²) in [6, 6.07) is 13.7. The molecule has 0 aliphatic carbocycles. The normalized spacial score (nSPS) is 17.7. The van der Waals surface area contributed by atoms with Crippen molar-refractivity contribution in [2.75, 3.05) is 18.4 Å². The maximum Gasteiger partial charge on any atom is 0.343 e. The van der Waals surface area contributed by atoms with Gasteiger partial charge in [-0.25, -0.2) is 4.79 Å². The van der Waals surface area contributed by atoms with Gasteiger partial charge in [0.15, 0.2) is 0 Å². The van der Waals surface area contributed by atoms with E-state index in [1.165, 1.54) is 10.4 Å². The number of thiophene rings is 1. The Labute approximate surface area is 195 Å². The number of carbonyl (C=O) groups excluding carboxylic acids is 2. The third-order valence-corrected chi connectivity index (χ3v) is 7.26. The van der Waals surface area contributed by atoms with Gasteiger partial charge in [0.1, 0.15) is 16.9 Å². The minimum Gasteiger partial charge on any atom is -0.423 e. The van der Waals surface area contributed by atoms with Gasteiger partial charge < -0.3 is 15.4 Å². The molecular weight excluding hydrogens is 446 g/mol. The molecular formula is C24H22ClN3O3S. The molecule has 0 spiro atoms. The summed E-state index contributed by atoms with van der Waals surface area (Å²) >= 11 is 7.54. The Hall–Kier alpha value is -2.87. The van der Waals surface area contributed by atoms with E-state index in [4.69, 9.17) is 16.3 Å². The summed E-state index contributed by atoms with van der Waals surface area (Å²) in [7, 11) is 0. The number of benzene rings is 2. The van der Waals surface area contributed by atoms with E-state index >= 15 is 0 Å². The molecule has 1 amide bonds. The topological polar surface area (TPSA) is 70.7 Å². The van der Waals surface area contributed by atoms with E-state index in [-0.39, 0.29) is 12.1 Å². The fourth-order valence-corrected chi connectivity index (χ4v) is 5.53. The predicted molar refractivity (Wildman–Crippen MR) is 126 cm³/mol. The molecule has 2 aliphatic rings. The highest BCUT2D eigenvalue weighted by atomic mass is 35.5. The van der Waals surface area contributed by atoms with Crippen LogP contribution in [-0.4, -0.2) is 29.9 Å². The summed E-state index contributed by atoms with van der Waals surface area (Å²) in [6.07, 6.45) is 0.570. The van der Waals surface area contributed by atoms with Gasteiger partial charge >= 0.3 is 5.97 Å². The van der Waals surface area contributed by atoms with Crippen LogP contribution in [0, 0.1) is 0 Å². The number of nitrogens with zero attached hydrogens (tertiary/aromatic N) is 1. The Morgan fingerprint density at radius 3 is 2.62 bits per heavy atom. The minimum atomic E-state index is -0.451. The number of likely N-dealkylation sites (N-methyl/N-ethyl adjacent to an activating group) is 1. The van der Waals surface area contributed by atoms with Gasteiger partial charge in [-0.15, -0.1) is 11.3 Å². The van der Waals surface area contributed by atoms with Crippen molar-refractivity contribution in [3.05, 3.63) is 80.7 Å². The van der Waals surface area contributed by atoms with Crippen LogP contribution in [0.15, 0.2) is 48.5 Å². The molecule has 2 N–H and O–H groups in total. The summed E-state index contributed by atoms with van der Waals surface area (Å²) in [5.74, 6) is -0.0550. The lowest BCUT2D eigenvalue weighted by Gasteiger charge is -2.28. The van der Waals surface area contributed by atoms with E-state index in [1.54, 1.807) is 47.7 Å². The number of fused-ring (bicyclic) bond motifs is 3. The molecule has 5 rings (SSSR count). The number of rotatable bonds is 4. The van der Waals surface area contributed by atoms with Crippen molar-refractivity contribution in [2.45, 2.75) is 26.1 Å². The Kier molecular flexibility index (Phi) is 5.63. The molecule has 0 saturated carbocycles. The molecule has 0 unspecified atom stereocenters. The quantitative estimate of drug-likeness (QED) is 0.424. The molecule has 0 saturated heterocycles. The molecule has 6 nitrogen and oxygen atoms in total. The minimum absolute atomic E-state index is 0.0376. The van der Waals surface area contributed by atoms with Gasteiger partial charge in [0, 0.05) is 23.0 Å². The van der Waals surface area contributed by atoms with Crippen molar-refractivity contribution in [2.24, 2.45) is 0 Å². The number of esters is 1. The molecule has 0 radical (unpaired) electrons. The molecule has 0 fully saturated rings. The first-order valence-electron chi connectivity index (χ1n) is 10.5. The van der Waals surface area contributed by atoms with E-state index < -0.39 is 5.97 Å². The first-order chi connectivity index (χ1) is 15.5. The Balaban J connectivity index is 1.30. The molecule has 2 aliphatic heterocycles. The van der Waals surface area contributed by atoms with Crippen molar-refractivity contribution in [3.8, 4) is 5.75 Å². The average molecular weight is 468 g/mol. The van der Waals surface area contributed by atoms with Crippen LogP contribution in [0.25, 0.3) is 0 Å². The summed E-state index contributed by atoms with van der Waals surface area (Å²) < 4.78 is 5.44. The first kappa shape index (κ1) is 21.0. The van der Waals surface area contributed by atoms with Crippen LogP contribution < -0.4 is 15.4 Å². The second kappa shape index (κ2) is 8.58. The average Bonchev–Trinajstić information content (AvgIpc) is 3.18. The second-order valence-electron chi connectivity index (χ2n) is 7.84. The molecule has 1 aromatic heterocycles. The van der Waals surface area contributed by atoms with Crippen molar-refractivity contribution >= 4 is 39.8 Å². The number of amides is 1. The maximum absolute atomic E-state index is 12.9. The highest BCUT2D eigenvalue weighted by Crippen LogP contribution is 2.40. The van der Waals surface area contributed by atoms with Gasteiger partial charge in [0.25, 0.3) is 5.91 Å². The van der Waals surface area contributed by atoms with Gasteiger partial charge in [-0.1, -0.05) is 30.7 Å². The van der Waals surface area contributed by atoms with Gasteiger partial charge in [-0.05, 0) is 60.5 Å². The van der Waals surface area contributed by atoms with Crippen molar-refractivity contribution in [1.29, 1.82) is 0 Å². The first-order valence-corrected chi connectivity index (χ1v) is 11.7. The zero-order valence-electron chi connectivity index (χ0n) is 17.5.